The fourth-order valence-corrected chi connectivity index (χ4v) is 2.74. The molecule has 0 aliphatic rings. The third-order valence-corrected chi connectivity index (χ3v) is 3.62. The number of carbonyl (C=O) groups is 1. The molecule has 0 aliphatic carbocycles. The van der Waals surface area contributed by atoms with Crippen LogP contribution >= 0.6 is 11.3 Å². The van der Waals surface area contributed by atoms with Gasteiger partial charge in [-0.3, -0.25) is 4.79 Å². The Kier molecular flexibility index (Phi) is 3.53. The SMILES string of the molecule is O=C(c1cccc2ccsc12)C(C(F)(F)F)C(F)(F)F. The quantitative estimate of drug-likeness (QED) is 0.574. The molecule has 0 unspecified atom stereocenters. The Morgan fingerprint density at radius 3 is 2.15 bits per heavy atom. The number of hydrogen-bond acceptors (Lipinski definition) is 2. The number of rotatable bonds is 2. The Labute approximate surface area is 112 Å². The number of alkyl halides is 6. The zero-order chi connectivity index (χ0) is 15.1. The Hall–Kier alpha value is -1.57. The third kappa shape index (κ3) is 2.65. The van der Waals surface area contributed by atoms with E-state index in [0.29, 0.717) is 5.39 Å². The molecule has 0 radical (unpaired) electrons. The third-order valence-electron chi connectivity index (χ3n) is 2.66. The summed E-state index contributed by atoms with van der Waals surface area (Å²) in [4.78, 5) is 11.7. The van der Waals surface area contributed by atoms with E-state index >= 15 is 0 Å². The Bertz CT molecular complexity index is 625. The Morgan fingerprint density at radius 2 is 1.60 bits per heavy atom. The van der Waals surface area contributed by atoms with Crippen LogP contribution in [0.2, 0.25) is 0 Å². The van der Waals surface area contributed by atoms with Crippen LogP contribution in [0.3, 0.4) is 0 Å². The number of thiophene rings is 1. The fourth-order valence-electron chi connectivity index (χ4n) is 1.83. The molecule has 0 saturated heterocycles. The minimum atomic E-state index is -5.67. The fraction of sp³-hybridized carbons (Fsp3) is 0.250. The number of ketones is 1. The molecular weight excluding hydrogens is 306 g/mol. The Morgan fingerprint density at radius 1 is 1.00 bits per heavy atom. The summed E-state index contributed by atoms with van der Waals surface area (Å²) >= 11 is 0.925. The van der Waals surface area contributed by atoms with Gasteiger partial charge >= 0.3 is 12.4 Å². The lowest BCUT2D eigenvalue weighted by molar-refractivity contribution is -0.264. The van der Waals surface area contributed by atoms with Crippen molar-refractivity contribution < 1.29 is 31.1 Å². The summed E-state index contributed by atoms with van der Waals surface area (Å²) in [5.41, 5.74) is -0.558. The van der Waals surface area contributed by atoms with Gasteiger partial charge in [0, 0.05) is 10.3 Å². The van der Waals surface area contributed by atoms with E-state index in [2.05, 4.69) is 0 Å². The molecule has 8 heteroatoms. The molecule has 1 nitrogen and oxygen atoms in total. The number of carbonyl (C=O) groups excluding carboxylic acids is 1. The van der Waals surface area contributed by atoms with E-state index in [-0.39, 0.29) is 4.70 Å². The van der Waals surface area contributed by atoms with Gasteiger partial charge in [0.25, 0.3) is 0 Å². The van der Waals surface area contributed by atoms with Gasteiger partial charge in [0.15, 0.2) is 5.78 Å². The molecule has 0 fully saturated rings. The maximum atomic E-state index is 12.5. The first-order valence-corrected chi connectivity index (χ1v) is 6.14. The molecule has 1 aromatic heterocycles. The van der Waals surface area contributed by atoms with Crippen LogP contribution in [0.15, 0.2) is 29.6 Å². The molecule has 0 atom stereocenters. The van der Waals surface area contributed by atoms with Gasteiger partial charge < -0.3 is 0 Å². The number of fused-ring (bicyclic) bond motifs is 1. The van der Waals surface area contributed by atoms with Crippen molar-refractivity contribution in [3.8, 4) is 0 Å². The second-order valence-electron chi connectivity index (χ2n) is 4.03. The highest BCUT2D eigenvalue weighted by atomic mass is 32.1. The first kappa shape index (κ1) is 14.8. The van der Waals surface area contributed by atoms with Gasteiger partial charge in [0.2, 0.25) is 5.92 Å². The highest BCUT2D eigenvalue weighted by Crippen LogP contribution is 2.42. The minimum Gasteiger partial charge on any atom is -0.293 e. The molecule has 0 aliphatic heterocycles. The first-order chi connectivity index (χ1) is 9.12. The molecule has 2 rings (SSSR count). The molecule has 1 aromatic carbocycles. The zero-order valence-electron chi connectivity index (χ0n) is 9.55. The standard InChI is InChI=1S/C12H6F6OS/c13-11(14,15)10(12(16,17)18)8(19)7-3-1-2-6-4-5-20-9(6)7/h1-5,10H. The van der Waals surface area contributed by atoms with Crippen LogP contribution in [0.5, 0.6) is 0 Å². The summed E-state index contributed by atoms with van der Waals surface area (Å²) in [6, 6.07) is 5.27. The van der Waals surface area contributed by atoms with E-state index in [1.54, 1.807) is 0 Å². The minimum absolute atomic E-state index is 0.121. The lowest BCUT2D eigenvalue weighted by atomic mass is 9.95. The van der Waals surface area contributed by atoms with Crippen molar-refractivity contribution in [3.05, 3.63) is 35.2 Å². The smallest absolute Gasteiger partial charge is 0.293 e. The topological polar surface area (TPSA) is 17.1 Å². The normalized spacial score (nSPS) is 13.2. The van der Waals surface area contributed by atoms with Crippen molar-refractivity contribution in [3.63, 3.8) is 0 Å². The van der Waals surface area contributed by atoms with Gasteiger partial charge in [0.05, 0.1) is 0 Å². The summed E-state index contributed by atoms with van der Waals surface area (Å²) in [6.07, 6.45) is -11.3. The zero-order valence-corrected chi connectivity index (χ0v) is 10.4. The monoisotopic (exact) mass is 312 g/mol. The van der Waals surface area contributed by atoms with Crippen LogP contribution in [-0.4, -0.2) is 18.1 Å². The van der Waals surface area contributed by atoms with Gasteiger partial charge in [0.1, 0.15) is 0 Å². The second kappa shape index (κ2) is 4.76. The number of halogens is 6. The van der Waals surface area contributed by atoms with E-state index in [4.69, 9.17) is 0 Å². The van der Waals surface area contributed by atoms with Crippen molar-refractivity contribution in [1.29, 1.82) is 0 Å². The van der Waals surface area contributed by atoms with Gasteiger partial charge in [-0.1, -0.05) is 12.1 Å². The molecular formula is C12H6F6OS. The van der Waals surface area contributed by atoms with Crippen LogP contribution in [-0.2, 0) is 0 Å². The maximum absolute atomic E-state index is 12.5. The highest BCUT2D eigenvalue weighted by molar-refractivity contribution is 7.17. The molecule has 0 N–H and O–H groups in total. The highest BCUT2D eigenvalue weighted by Gasteiger charge is 2.61. The lowest BCUT2D eigenvalue weighted by Gasteiger charge is -2.21. The van der Waals surface area contributed by atoms with E-state index < -0.39 is 29.6 Å². The molecule has 20 heavy (non-hydrogen) atoms. The van der Waals surface area contributed by atoms with Gasteiger partial charge in [-0.15, -0.1) is 11.3 Å². The molecule has 1 heterocycles. The van der Waals surface area contributed by atoms with Crippen molar-refractivity contribution in [1.82, 2.24) is 0 Å². The van der Waals surface area contributed by atoms with Crippen LogP contribution in [0, 0.1) is 5.92 Å². The molecule has 0 saturated carbocycles. The largest absolute Gasteiger partial charge is 0.407 e. The second-order valence-corrected chi connectivity index (χ2v) is 4.94. The predicted octanol–water partition coefficient (Wildman–Crippen LogP) is 4.82. The maximum Gasteiger partial charge on any atom is 0.407 e. The number of hydrogen-bond donors (Lipinski definition) is 0. The van der Waals surface area contributed by atoms with Gasteiger partial charge in [-0.25, -0.2) is 0 Å². The molecule has 0 amide bonds. The average molecular weight is 312 g/mol. The summed E-state index contributed by atoms with van der Waals surface area (Å²) in [7, 11) is 0. The van der Waals surface area contributed by atoms with Crippen LogP contribution in [0.25, 0.3) is 10.1 Å². The van der Waals surface area contributed by atoms with Crippen LogP contribution < -0.4 is 0 Å². The van der Waals surface area contributed by atoms with E-state index in [1.165, 1.54) is 23.6 Å². The summed E-state index contributed by atoms with van der Waals surface area (Å²) in [5.74, 6) is -5.97. The van der Waals surface area contributed by atoms with Crippen molar-refractivity contribution in [2.45, 2.75) is 12.4 Å². The number of benzene rings is 1. The summed E-state index contributed by atoms with van der Waals surface area (Å²) in [6.45, 7) is 0. The van der Waals surface area contributed by atoms with E-state index in [9.17, 15) is 31.1 Å². The first-order valence-electron chi connectivity index (χ1n) is 5.26. The molecule has 0 bridgehead atoms. The summed E-state index contributed by atoms with van der Waals surface area (Å²) in [5, 5.41) is 1.93. The Balaban J connectivity index is 2.56. The predicted molar refractivity (Wildman–Crippen MR) is 61.8 cm³/mol. The molecule has 2 aromatic rings. The van der Waals surface area contributed by atoms with Crippen molar-refractivity contribution in [2.24, 2.45) is 5.92 Å². The van der Waals surface area contributed by atoms with E-state index in [1.807, 2.05) is 0 Å². The molecule has 108 valence electrons. The average Bonchev–Trinajstić information content (AvgIpc) is 2.71. The van der Waals surface area contributed by atoms with Crippen molar-refractivity contribution in [2.75, 3.05) is 0 Å². The van der Waals surface area contributed by atoms with Gasteiger partial charge in [-0.05, 0) is 22.9 Å². The van der Waals surface area contributed by atoms with Crippen molar-refractivity contribution >= 4 is 27.2 Å². The van der Waals surface area contributed by atoms with Crippen LogP contribution in [0.1, 0.15) is 10.4 Å². The summed E-state index contributed by atoms with van der Waals surface area (Å²) < 4.78 is 75.4. The lowest BCUT2D eigenvalue weighted by Crippen LogP contribution is -2.42. The van der Waals surface area contributed by atoms with Gasteiger partial charge in [-0.2, -0.15) is 26.3 Å². The van der Waals surface area contributed by atoms with E-state index in [0.717, 1.165) is 17.4 Å². The van der Waals surface area contributed by atoms with Crippen LogP contribution in [0.4, 0.5) is 26.3 Å². The number of Topliss-reactive ketones (excluding diaryl/α,β-unsaturated/α-hetero) is 1. The molecule has 0 spiro atoms.